The van der Waals surface area contributed by atoms with Crippen molar-refractivity contribution < 1.29 is 4.79 Å². The van der Waals surface area contributed by atoms with Crippen molar-refractivity contribution in [2.24, 2.45) is 0 Å². The second-order valence-corrected chi connectivity index (χ2v) is 6.45. The van der Waals surface area contributed by atoms with Crippen LogP contribution in [0.15, 0.2) is 17.4 Å². The number of hydrogen-bond acceptors (Lipinski definition) is 5. The SMILES string of the molecule is CSc1ncc2cc3n(c2n1)C1(CCCCC1)NNC3=O. The fraction of sp³-hybridized carbons (Fsp3) is 0.500. The van der Waals surface area contributed by atoms with E-state index >= 15 is 0 Å². The van der Waals surface area contributed by atoms with Gasteiger partial charge in [0.1, 0.15) is 17.0 Å². The third-order valence-electron chi connectivity index (χ3n) is 4.45. The van der Waals surface area contributed by atoms with Gasteiger partial charge in [0.2, 0.25) is 0 Å². The summed E-state index contributed by atoms with van der Waals surface area (Å²) in [7, 11) is 0. The molecule has 21 heavy (non-hydrogen) atoms. The van der Waals surface area contributed by atoms with E-state index in [-0.39, 0.29) is 11.6 Å². The summed E-state index contributed by atoms with van der Waals surface area (Å²) in [6.07, 6.45) is 9.33. The smallest absolute Gasteiger partial charge is 0.282 e. The summed E-state index contributed by atoms with van der Waals surface area (Å²) in [4.78, 5) is 21.1. The van der Waals surface area contributed by atoms with Gasteiger partial charge in [0.05, 0.1) is 0 Å². The molecule has 1 amide bonds. The van der Waals surface area contributed by atoms with Crippen LogP contribution in [0.3, 0.4) is 0 Å². The third-order valence-corrected chi connectivity index (χ3v) is 5.01. The fourth-order valence-electron chi connectivity index (χ4n) is 3.45. The summed E-state index contributed by atoms with van der Waals surface area (Å²) in [5.41, 5.74) is 7.37. The fourth-order valence-corrected chi connectivity index (χ4v) is 3.79. The lowest BCUT2D eigenvalue weighted by molar-refractivity contribution is 0.0649. The average Bonchev–Trinajstić information content (AvgIpc) is 2.92. The van der Waals surface area contributed by atoms with Gasteiger partial charge in [-0.3, -0.25) is 10.2 Å². The Labute approximate surface area is 126 Å². The standard InChI is InChI=1S/C14H17N5OS/c1-21-13-15-8-9-7-10-12(20)17-18-14(5-3-2-4-6-14)19(10)11(9)16-13/h7-8,18H,2-6H2,1H3,(H,17,20). The van der Waals surface area contributed by atoms with Gasteiger partial charge in [-0.05, 0) is 38.0 Å². The highest BCUT2D eigenvalue weighted by atomic mass is 32.2. The number of nitrogens with zero attached hydrogens (tertiary/aromatic N) is 3. The molecule has 2 aromatic heterocycles. The molecule has 0 bridgehead atoms. The van der Waals surface area contributed by atoms with Crippen LogP contribution >= 0.6 is 11.8 Å². The normalized spacial score (nSPS) is 20.5. The molecule has 110 valence electrons. The summed E-state index contributed by atoms with van der Waals surface area (Å²) in [5, 5.41) is 1.66. The monoisotopic (exact) mass is 303 g/mol. The highest BCUT2D eigenvalue weighted by Gasteiger charge is 2.41. The minimum atomic E-state index is -0.243. The molecule has 6 nitrogen and oxygen atoms in total. The molecule has 0 radical (unpaired) electrons. The Hall–Kier alpha value is -1.60. The molecule has 0 aromatic carbocycles. The second-order valence-electron chi connectivity index (χ2n) is 5.67. The van der Waals surface area contributed by atoms with Crippen LogP contribution in [0.25, 0.3) is 11.0 Å². The molecule has 2 aliphatic rings. The van der Waals surface area contributed by atoms with Gasteiger partial charge in [-0.25, -0.2) is 15.4 Å². The lowest BCUT2D eigenvalue weighted by Gasteiger charge is -2.43. The molecular weight excluding hydrogens is 286 g/mol. The van der Waals surface area contributed by atoms with E-state index in [1.807, 2.05) is 18.5 Å². The number of hydrazine groups is 1. The minimum absolute atomic E-state index is 0.102. The van der Waals surface area contributed by atoms with Crippen molar-refractivity contribution in [3.8, 4) is 0 Å². The summed E-state index contributed by atoms with van der Waals surface area (Å²) in [5.74, 6) is -0.102. The maximum Gasteiger partial charge on any atom is 0.282 e. The molecule has 4 rings (SSSR count). The van der Waals surface area contributed by atoms with E-state index in [4.69, 9.17) is 0 Å². The first kappa shape index (κ1) is 13.1. The third kappa shape index (κ3) is 1.87. The quantitative estimate of drug-likeness (QED) is 0.623. The Morgan fingerprint density at radius 3 is 2.90 bits per heavy atom. The number of hydrogen-bond donors (Lipinski definition) is 2. The Balaban J connectivity index is 1.99. The number of carbonyl (C=O) groups is 1. The number of rotatable bonds is 1. The van der Waals surface area contributed by atoms with Crippen LogP contribution in [0, 0.1) is 0 Å². The molecule has 0 atom stereocenters. The van der Waals surface area contributed by atoms with E-state index in [9.17, 15) is 4.79 Å². The van der Waals surface area contributed by atoms with Gasteiger partial charge >= 0.3 is 0 Å². The predicted octanol–water partition coefficient (Wildman–Crippen LogP) is 2.02. The zero-order valence-electron chi connectivity index (χ0n) is 11.8. The van der Waals surface area contributed by atoms with Crippen LogP contribution in [-0.4, -0.2) is 26.7 Å². The van der Waals surface area contributed by atoms with Crippen LogP contribution in [0.2, 0.25) is 0 Å². The number of nitrogens with one attached hydrogen (secondary N) is 2. The van der Waals surface area contributed by atoms with Gasteiger partial charge in [0.15, 0.2) is 5.16 Å². The van der Waals surface area contributed by atoms with E-state index in [0.717, 1.165) is 41.9 Å². The first-order chi connectivity index (χ1) is 10.2. The molecule has 2 aromatic rings. The highest BCUT2D eigenvalue weighted by molar-refractivity contribution is 7.98. The molecule has 2 N–H and O–H groups in total. The van der Waals surface area contributed by atoms with Crippen molar-refractivity contribution in [2.45, 2.75) is 42.9 Å². The van der Waals surface area contributed by atoms with Crippen molar-refractivity contribution in [3.05, 3.63) is 18.0 Å². The Kier molecular flexibility index (Phi) is 2.93. The van der Waals surface area contributed by atoms with Crippen molar-refractivity contribution >= 4 is 28.7 Å². The lowest BCUT2D eigenvalue weighted by atomic mass is 9.88. The van der Waals surface area contributed by atoms with E-state index in [2.05, 4.69) is 25.4 Å². The van der Waals surface area contributed by atoms with E-state index in [1.54, 1.807) is 0 Å². The van der Waals surface area contributed by atoms with Crippen molar-refractivity contribution in [2.75, 3.05) is 6.26 Å². The van der Waals surface area contributed by atoms with Crippen molar-refractivity contribution in [1.82, 2.24) is 25.4 Å². The Bertz CT molecular complexity index is 719. The number of thioether (sulfide) groups is 1. The first-order valence-corrected chi connectivity index (χ1v) is 8.46. The summed E-state index contributed by atoms with van der Waals surface area (Å²) < 4.78 is 2.10. The molecular formula is C14H17N5OS. The van der Waals surface area contributed by atoms with Crippen molar-refractivity contribution in [1.29, 1.82) is 0 Å². The van der Waals surface area contributed by atoms with Crippen LogP contribution in [0.1, 0.15) is 42.6 Å². The summed E-state index contributed by atoms with van der Waals surface area (Å²) in [6, 6.07) is 1.89. The lowest BCUT2D eigenvalue weighted by Crippen LogP contribution is -2.61. The van der Waals surface area contributed by atoms with Gasteiger partial charge in [0, 0.05) is 11.6 Å². The number of fused-ring (bicyclic) bond motifs is 4. The van der Waals surface area contributed by atoms with Gasteiger partial charge < -0.3 is 4.57 Å². The topological polar surface area (TPSA) is 71.8 Å². The molecule has 1 fully saturated rings. The van der Waals surface area contributed by atoms with Crippen LogP contribution in [0.5, 0.6) is 0 Å². The zero-order valence-corrected chi connectivity index (χ0v) is 12.7. The van der Waals surface area contributed by atoms with Crippen LogP contribution in [-0.2, 0) is 5.66 Å². The zero-order chi connectivity index (χ0) is 14.4. The minimum Gasteiger partial charge on any atom is -0.300 e. The molecule has 1 aliphatic carbocycles. The van der Waals surface area contributed by atoms with Crippen LogP contribution in [0.4, 0.5) is 0 Å². The summed E-state index contributed by atoms with van der Waals surface area (Å²) in [6.45, 7) is 0. The molecule has 0 saturated heterocycles. The highest BCUT2D eigenvalue weighted by Crippen LogP contribution is 2.38. The molecule has 1 aliphatic heterocycles. The Morgan fingerprint density at radius 2 is 2.14 bits per heavy atom. The van der Waals surface area contributed by atoms with E-state index in [1.165, 1.54) is 18.2 Å². The summed E-state index contributed by atoms with van der Waals surface area (Å²) >= 11 is 1.52. The predicted molar refractivity (Wildman–Crippen MR) is 81.0 cm³/mol. The number of carbonyl (C=O) groups excluding carboxylic acids is 1. The van der Waals surface area contributed by atoms with Gasteiger partial charge in [-0.15, -0.1) is 0 Å². The molecule has 1 spiro atoms. The van der Waals surface area contributed by atoms with Gasteiger partial charge in [0.25, 0.3) is 5.91 Å². The molecule has 1 saturated carbocycles. The average molecular weight is 303 g/mol. The van der Waals surface area contributed by atoms with E-state index < -0.39 is 0 Å². The van der Waals surface area contributed by atoms with Gasteiger partial charge in [-0.2, -0.15) is 0 Å². The maximum atomic E-state index is 12.2. The number of amides is 1. The van der Waals surface area contributed by atoms with Gasteiger partial charge in [-0.1, -0.05) is 18.2 Å². The second kappa shape index (κ2) is 4.71. The first-order valence-electron chi connectivity index (χ1n) is 7.24. The van der Waals surface area contributed by atoms with E-state index in [0.29, 0.717) is 5.69 Å². The maximum absolute atomic E-state index is 12.2. The molecule has 7 heteroatoms. The molecule has 0 unspecified atom stereocenters. The number of aromatic nitrogens is 3. The van der Waals surface area contributed by atoms with Crippen molar-refractivity contribution in [3.63, 3.8) is 0 Å². The molecule has 3 heterocycles. The van der Waals surface area contributed by atoms with Crippen LogP contribution < -0.4 is 10.9 Å². The Morgan fingerprint density at radius 1 is 1.33 bits per heavy atom. The largest absolute Gasteiger partial charge is 0.300 e.